The second kappa shape index (κ2) is 14.0. The number of aliphatic hydroxyl groups excluding tert-OH is 1. The Hall–Kier alpha value is -3.26. The molecule has 0 aromatic rings. The van der Waals surface area contributed by atoms with Gasteiger partial charge in [0.1, 0.15) is 24.2 Å². The van der Waals surface area contributed by atoms with Crippen molar-refractivity contribution in [1.29, 1.82) is 0 Å². The van der Waals surface area contributed by atoms with Crippen molar-refractivity contribution in [2.75, 3.05) is 0 Å². The molecule has 0 aliphatic heterocycles. The van der Waals surface area contributed by atoms with Crippen LogP contribution in [0.2, 0.25) is 0 Å². The summed E-state index contributed by atoms with van der Waals surface area (Å²) in [6.07, 6.45) is -2.25. The third kappa shape index (κ3) is 10.7. The lowest BCUT2D eigenvalue weighted by atomic mass is 9.97. The van der Waals surface area contributed by atoms with Gasteiger partial charge in [-0.2, -0.15) is 0 Å². The standard InChI is InChI=1S/C19H33N5O9/c1-4-8(2)15(18(31)23-11(19(32)33)7-13(27)28)24-16(29)10(5-6-12(20)26)22-17(30)14(21)9(3)25/h8-11,14-15,25H,4-7,21H2,1-3H3,(H2,20,26)(H,22,30)(H,23,31)(H,24,29)(H,27,28)(H,32,33). The molecule has 14 nitrogen and oxygen atoms in total. The van der Waals surface area contributed by atoms with Crippen LogP contribution in [-0.2, 0) is 28.8 Å². The first-order valence-electron chi connectivity index (χ1n) is 10.3. The van der Waals surface area contributed by atoms with Crippen LogP contribution in [-0.4, -0.2) is 81.2 Å². The summed E-state index contributed by atoms with van der Waals surface area (Å²) in [4.78, 5) is 71.0. The number of hydrogen-bond donors (Lipinski definition) is 8. The highest BCUT2D eigenvalue weighted by Crippen LogP contribution is 2.10. The van der Waals surface area contributed by atoms with Gasteiger partial charge in [0, 0.05) is 6.42 Å². The zero-order valence-corrected chi connectivity index (χ0v) is 18.7. The number of hydrogen-bond acceptors (Lipinski definition) is 8. The first-order chi connectivity index (χ1) is 15.2. The van der Waals surface area contributed by atoms with Crippen LogP contribution in [0.3, 0.4) is 0 Å². The number of rotatable bonds is 15. The fourth-order valence-electron chi connectivity index (χ4n) is 2.63. The van der Waals surface area contributed by atoms with Crippen molar-refractivity contribution in [2.24, 2.45) is 17.4 Å². The fourth-order valence-corrected chi connectivity index (χ4v) is 2.63. The van der Waals surface area contributed by atoms with Crippen molar-refractivity contribution in [3.63, 3.8) is 0 Å². The van der Waals surface area contributed by atoms with Gasteiger partial charge in [0.25, 0.3) is 0 Å². The summed E-state index contributed by atoms with van der Waals surface area (Å²) in [6, 6.07) is -5.72. The van der Waals surface area contributed by atoms with Gasteiger partial charge >= 0.3 is 11.9 Å². The second-order valence-electron chi connectivity index (χ2n) is 7.70. The van der Waals surface area contributed by atoms with Crippen LogP contribution < -0.4 is 27.4 Å². The first kappa shape index (κ1) is 29.7. The van der Waals surface area contributed by atoms with Crippen molar-refractivity contribution >= 4 is 35.6 Å². The molecule has 0 saturated carbocycles. The summed E-state index contributed by atoms with van der Waals surface area (Å²) in [6.45, 7) is 4.57. The molecule has 4 amide bonds. The SMILES string of the molecule is CCC(C)C(NC(=O)C(CCC(N)=O)NC(=O)C(N)C(C)O)C(=O)NC(CC(=O)O)C(=O)O. The van der Waals surface area contributed by atoms with E-state index in [0.29, 0.717) is 6.42 Å². The molecule has 10 N–H and O–H groups in total. The van der Waals surface area contributed by atoms with Gasteiger partial charge in [0.2, 0.25) is 23.6 Å². The third-order valence-electron chi connectivity index (χ3n) is 4.92. The van der Waals surface area contributed by atoms with Gasteiger partial charge in [0.15, 0.2) is 0 Å². The van der Waals surface area contributed by atoms with Crippen molar-refractivity contribution in [2.45, 2.75) is 76.7 Å². The Morgan fingerprint density at radius 1 is 0.879 bits per heavy atom. The Labute approximate surface area is 190 Å². The van der Waals surface area contributed by atoms with Gasteiger partial charge < -0.3 is 42.7 Å². The molecule has 0 heterocycles. The smallest absolute Gasteiger partial charge is 0.326 e. The van der Waals surface area contributed by atoms with E-state index in [1.54, 1.807) is 13.8 Å². The van der Waals surface area contributed by atoms with Crippen molar-refractivity contribution in [3.8, 4) is 0 Å². The lowest BCUT2D eigenvalue weighted by molar-refractivity contribution is -0.147. The Balaban J connectivity index is 5.65. The molecule has 0 radical (unpaired) electrons. The number of aliphatic hydroxyl groups is 1. The van der Waals surface area contributed by atoms with E-state index in [0.717, 1.165) is 0 Å². The van der Waals surface area contributed by atoms with Crippen molar-refractivity contribution < 1.29 is 44.1 Å². The number of carboxylic acids is 2. The van der Waals surface area contributed by atoms with E-state index >= 15 is 0 Å². The minimum absolute atomic E-state index is 0.231. The van der Waals surface area contributed by atoms with Gasteiger partial charge in [-0.25, -0.2) is 4.79 Å². The molecule has 0 aromatic heterocycles. The minimum Gasteiger partial charge on any atom is -0.481 e. The summed E-state index contributed by atoms with van der Waals surface area (Å²) in [5.41, 5.74) is 10.7. The Morgan fingerprint density at radius 3 is 1.85 bits per heavy atom. The Kier molecular flexibility index (Phi) is 12.6. The maximum Gasteiger partial charge on any atom is 0.326 e. The Morgan fingerprint density at radius 2 is 1.42 bits per heavy atom. The average Bonchev–Trinajstić information content (AvgIpc) is 2.71. The highest BCUT2D eigenvalue weighted by Gasteiger charge is 2.33. The third-order valence-corrected chi connectivity index (χ3v) is 4.92. The van der Waals surface area contributed by atoms with Gasteiger partial charge in [-0.3, -0.25) is 24.0 Å². The molecule has 6 atom stereocenters. The van der Waals surface area contributed by atoms with E-state index in [4.69, 9.17) is 21.7 Å². The maximum atomic E-state index is 12.8. The minimum atomic E-state index is -1.73. The Bertz CT molecular complexity index is 743. The highest BCUT2D eigenvalue weighted by molar-refractivity contribution is 5.95. The number of nitrogens with one attached hydrogen (secondary N) is 3. The summed E-state index contributed by atoms with van der Waals surface area (Å²) < 4.78 is 0. The van der Waals surface area contributed by atoms with Crippen LogP contribution in [0.5, 0.6) is 0 Å². The predicted molar refractivity (Wildman–Crippen MR) is 113 cm³/mol. The summed E-state index contributed by atoms with van der Waals surface area (Å²) >= 11 is 0. The van der Waals surface area contributed by atoms with Crippen molar-refractivity contribution in [1.82, 2.24) is 16.0 Å². The van der Waals surface area contributed by atoms with E-state index in [-0.39, 0.29) is 12.8 Å². The molecule has 0 aromatic carbocycles. The predicted octanol–water partition coefficient (Wildman–Crippen LogP) is -2.98. The molecular weight excluding hydrogens is 442 g/mol. The van der Waals surface area contributed by atoms with Gasteiger partial charge in [-0.05, 0) is 19.3 Å². The normalized spacial score (nSPS) is 16.3. The molecule has 6 unspecified atom stereocenters. The highest BCUT2D eigenvalue weighted by atomic mass is 16.4. The van der Waals surface area contributed by atoms with Gasteiger partial charge in [-0.15, -0.1) is 0 Å². The zero-order chi connectivity index (χ0) is 25.9. The van der Waals surface area contributed by atoms with Crippen LogP contribution in [0.15, 0.2) is 0 Å². The number of carboxylic acid groups (broad SMARTS) is 2. The van der Waals surface area contributed by atoms with Crippen LogP contribution in [0.25, 0.3) is 0 Å². The summed E-state index contributed by atoms with van der Waals surface area (Å²) in [7, 11) is 0. The maximum absolute atomic E-state index is 12.8. The first-order valence-corrected chi connectivity index (χ1v) is 10.3. The van der Waals surface area contributed by atoms with E-state index in [2.05, 4.69) is 16.0 Å². The fraction of sp³-hybridized carbons (Fsp3) is 0.684. The number of primary amides is 1. The van der Waals surface area contributed by atoms with Gasteiger partial charge in [-0.1, -0.05) is 20.3 Å². The van der Waals surface area contributed by atoms with E-state index in [1.165, 1.54) is 6.92 Å². The number of nitrogens with two attached hydrogens (primary N) is 2. The molecule has 33 heavy (non-hydrogen) atoms. The largest absolute Gasteiger partial charge is 0.481 e. The van der Waals surface area contributed by atoms with Crippen LogP contribution in [0.4, 0.5) is 0 Å². The lowest BCUT2D eigenvalue weighted by Gasteiger charge is -2.28. The van der Waals surface area contributed by atoms with Crippen molar-refractivity contribution in [3.05, 3.63) is 0 Å². The molecular formula is C19H33N5O9. The molecule has 0 spiro atoms. The number of aliphatic carboxylic acids is 2. The molecule has 0 saturated heterocycles. The van der Waals surface area contributed by atoms with Crippen LogP contribution >= 0.6 is 0 Å². The zero-order valence-electron chi connectivity index (χ0n) is 18.7. The van der Waals surface area contributed by atoms with Crippen LogP contribution in [0.1, 0.15) is 46.5 Å². The molecule has 0 aliphatic carbocycles. The molecule has 0 fully saturated rings. The number of carbonyl (C=O) groups excluding carboxylic acids is 4. The lowest BCUT2D eigenvalue weighted by Crippen LogP contribution is -2.59. The average molecular weight is 475 g/mol. The second-order valence-corrected chi connectivity index (χ2v) is 7.70. The molecule has 0 bridgehead atoms. The number of carbonyl (C=O) groups is 6. The molecule has 0 rings (SSSR count). The molecule has 14 heteroatoms. The van der Waals surface area contributed by atoms with E-state index < -0.39 is 78.2 Å². The monoisotopic (exact) mass is 475 g/mol. The quantitative estimate of drug-likeness (QED) is 0.119. The molecule has 0 aliphatic rings. The summed E-state index contributed by atoms with van der Waals surface area (Å²) in [5.74, 6) is -6.99. The van der Waals surface area contributed by atoms with Crippen LogP contribution in [0, 0.1) is 5.92 Å². The topological polar surface area (TPSA) is 251 Å². The molecule has 188 valence electrons. The van der Waals surface area contributed by atoms with E-state index in [9.17, 15) is 33.9 Å². The number of amides is 4. The van der Waals surface area contributed by atoms with E-state index in [1.807, 2.05) is 0 Å². The summed E-state index contributed by atoms with van der Waals surface area (Å²) in [5, 5.41) is 34.2. The van der Waals surface area contributed by atoms with Gasteiger partial charge in [0.05, 0.1) is 12.5 Å².